The summed E-state index contributed by atoms with van der Waals surface area (Å²) in [4.78, 5) is 12.1. The molecular weight excluding hydrogens is 250 g/mol. The van der Waals surface area contributed by atoms with E-state index in [1.54, 1.807) is 0 Å². The summed E-state index contributed by atoms with van der Waals surface area (Å²) < 4.78 is 0. The molecule has 0 saturated carbocycles. The van der Waals surface area contributed by atoms with Gasteiger partial charge in [0, 0.05) is 0 Å². The number of nitrogens with one attached hydrogen (secondary N) is 1. The summed E-state index contributed by atoms with van der Waals surface area (Å²) in [5.41, 5.74) is 3.40. The quantitative estimate of drug-likeness (QED) is 0.867. The zero-order valence-corrected chi connectivity index (χ0v) is 12.5. The monoisotopic (exact) mass is 275 g/mol. The Labute approximate surface area is 121 Å². The van der Waals surface area contributed by atoms with E-state index in [-0.39, 0.29) is 12.5 Å². The van der Waals surface area contributed by atoms with Crippen molar-refractivity contribution in [2.24, 2.45) is 0 Å². The normalized spacial score (nSPS) is 17.1. The number of fused-ring (bicyclic) bond motifs is 1. The highest BCUT2D eigenvalue weighted by molar-refractivity contribution is 5.79. The Bertz CT molecular complexity index is 478. The van der Waals surface area contributed by atoms with Gasteiger partial charge in [-0.2, -0.15) is 0 Å². The van der Waals surface area contributed by atoms with E-state index < -0.39 is 5.54 Å². The van der Waals surface area contributed by atoms with E-state index in [2.05, 4.69) is 23.5 Å². The molecule has 0 spiro atoms. The average molecular weight is 275 g/mol. The smallest absolute Gasteiger partial charge is 0.224 e. The summed E-state index contributed by atoms with van der Waals surface area (Å²) in [6.07, 6.45) is 5.94. The van der Waals surface area contributed by atoms with Gasteiger partial charge in [0.05, 0.1) is 18.6 Å². The largest absolute Gasteiger partial charge is 0.394 e. The van der Waals surface area contributed by atoms with Crippen molar-refractivity contribution in [3.63, 3.8) is 0 Å². The summed E-state index contributed by atoms with van der Waals surface area (Å²) in [7, 11) is 0. The number of amides is 1. The second kappa shape index (κ2) is 6.40. The number of benzene rings is 1. The van der Waals surface area contributed by atoms with Gasteiger partial charge in [-0.3, -0.25) is 4.79 Å². The molecule has 20 heavy (non-hydrogen) atoms. The summed E-state index contributed by atoms with van der Waals surface area (Å²) in [6.45, 7) is 3.81. The van der Waals surface area contributed by atoms with Gasteiger partial charge in [-0.05, 0) is 55.7 Å². The first-order valence-electron chi connectivity index (χ1n) is 7.59. The minimum absolute atomic E-state index is 0.0147. The Hall–Kier alpha value is -1.35. The van der Waals surface area contributed by atoms with Crippen LogP contribution in [-0.2, 0) is 24.1 Å². The van der Waals surface area contributed by atoms with E-state index in [1.807, 2.05) is 13.8 Å². The third-order valence-corrected chi connectivity index (χ3v) is 4.35. The number of aliphatic hydroxyl groups is 1. The maximum atomic E-state index is 12.1. The molecule has 0 radical (unpaired) electrons. The molecular formula is C17H25NO2. The van der Waals surface area contributed by atoms with Gasteiger partial charge < -0.3 is 10.4 Å². The molecule has 0 saturated heterocycles. The van der Waals surface area contributed by atoms with Gasteiger partial charge in [0.15, 0.2) is 0 Å². The molecule has 1 aliphatic rings. The third-order valence-electron chi connectivity index (χ3n) is 4.35. The first kappa shape index (κ1) is 15.0. The van der Waals surface area contributed by atoms with Crippen LogP contribution in [0.25, 0.3) is 0 Å². The van der Waals surface area contributed by atoms with Crippen LogP contribution in [0.1, 0.15) is 49.8 Å². The summed E-state index contributed by atoms with van der Waals surface area (Å²) >= 11 is 0. The second-order valence-corrected chi connectivity index (χ2v) is 6.11. The van der Waals surface area contributed by atoms with Crippen LogP contribution in [0.15, 0.2) is 18.2 Å². The Morgan fingerprint density at radius 2 is 2.00 bits per heavy atom. The molecule has 1 aliphatic carbocycles. The van der Waals surface area contributed by atoms with Crippen molar-refractivity contribution in [2.45, 2.75) is 57.9 Å². The fourth-order valence-electron chi connectivity index (χ4n) is 2.70. The molecule has 110 valence electrons. The fourth-order valence-corrected chi connectivity index (χ4v) is 2.70. The topological polar surface area (TPSA) is 49.3 Å². The number of aliphatic hydroxyl groups excluding tert-OH is 1. The van der Waals surface area contributed by atoms with Gasteiger partial charge in [0.1, 0.15) is 0 Å². The fraction of sp³-hybridized carbons (Fsp3) is 0.588. The van der Waals surface area contributed by atoms with Gasteiger partial charge in [-0.15, -0.1) is 0 Å². The van der Waals surface area contributed by atoms with Crippen LogP contribution in [0.3, 0.4) is 0 Å². The van der Waals surface area contributed by atoms with Crippen molar-refractivity contribution in [3.8, 4) is 0 Å². The molecule has 3 nitrogen and oxygen atoms in total. The van der Waals surface area contributed by atoms with Crippen molar-refractivity contribution < 1.29 is 9.90 Å². The predicted octanol–water partition coefficient (Wildman–Crippen LogP) is 2.39. The number of hydrogen-bond acceptors (Lipinski definition) is 2. The van der Waals surface area contributed by atoms with Crippen molar-refractivity contribution in [3.05, 3.63) is 34.9 Å². The molecule has 0 aromatic heterocycles. The molecule has 1 aromatic rings. The lowest BCUT2D eigenvalue weighted by molar-refractivity contribution is -0.122. The number of hydrogen-bond donors (Lipinski definition) is 2. The molecule has 2 N–H and O–H groups in total. The minimum atomic E-state index is -0.509. The first-order chi connectivity index (χ1) is 9.56. The first-order valence-corrected chi connectivity index (χ1v) is 7.59. The molecule has 0 heterocycles. The highest BCUT2D eigenvalue weighted by Crippen LogP contribution is 2.22. The third kappa shape index (κ3) is 3.60. The van der Waals surface area contributed by atoms with Crippen LogP contribution >= 0.6 is 0 Å². The molecule has 1 aromatic carbocycles. The van der Waals surface area contributed by atoms with Crippen molar-refractivity contribution in [2.75, 3.05) is 6.61 Å². The maximum absolute atomic E-state index is 12.1. The Morgan fingerprint density at radius 1 is 1.30 bits per heavy atom. The van der Waals surface area contributed by atoms with E-state index in [0.717, 1.165) is 18.4 Å². The molecule has 1 amide bonds. The lowest BCUT2D eigenvalue weighted by atomic mass is 9.90. The number of aryl methyl sites for hydroxylation is 2. The standard InChI is InChI=1S/C17H25NO2/c1-3-17(2,12-19)18-16(20)11-13-8-9-14-6-4-5-7-15(14)10-13/h8-10,19H,3-7,11-12H2,1-2H3,(H,18,20). The van der Waals surface area contributed by atoms with Gasteiger partial charge in [0.2, 0.25) is 5.91 Å². The van der Waals surface area contributed by atoms with Crippen LogP contribution in [0.5, 0.6) is 0 Å². The van der Waals surface area contributed by atoms with Crippen LogP contribution in [-0.4, -0.2) is 23.2 Å². The zero-order chi connectivity index (χ0) is 14.6. The lowest BCUT2D eigenvalue weighted by Gasteiger charge is -2.27. The molecule has 1 atom stereocenters. The summed E-state index contributed by atoms with van der Waals surface area (Å²) in [5, 5.41) is 12.3. The highest BCUT2D eigenvalue weighted by Gasteiger charge is 2.23. The average Bonchev–Trinajstić information content (AvgIpc) is 2.47. The van der Waals surface area contributed by atoms with Crippen LogP contribution in [0.4, 0.5) is 0 Å². The summed E-state index contributed by atoms with van der Waals surface area (Å²) in [5.74, 6) is -0.0147. The van der Waals surface area contributed by atoms with Crippen molar-refractivity contribution >= 4 is 5.91 Å². The van der Waals surface area contributed by atoms with Crippen molar-refractivity contribution in [1.82, 2.24) is 5.32 Å². The van der Waals surface area contributed by atoms with E-state index >= 15 is 0 Å². The van der Waals surface area contributed by atoms with Crippen LogP contribution in [0, 0.1) is 0 Å². The molecule has 3 heteroatoms. The Balaban J connectivity index is 2.01. The van der Waals surface area contributed by atoms with Crippen LogP contribution < -0.4 is 5.32 Å². The number of carbonyl (C=O) groups is 1. The zero-order valence-electron chi connectivity index (χ0n) is 12.5. The molecule has 0 aliphatic heterocycles. The molecule has 1 unspecified atom stereocenters. The maximum Gasteiger partial charge on any atom is 0.224 e. The van der Waals surface area contributed by atoms with Gasteiger partial charge in [0.25, 0.3) is 0 Å². The lowest BCUT2D eigenvalue weighted by Crippen LogP contribution is -2.48. The number of rotatable bonds is 5. The van der Waals surface area contributed by atoms with E-state index in [9.17, 15) is 9.90 Å². The van der Waals surface area contributed by atoms with Gasteiger partial charge in [-0.25, -0.2) is 0 Å². The van der Waals surface area contributed by atoms with Crippen molar-refractivity contribution in [1.29, 1.82) is 0 Å². The molecule has 2 rings (SSSR count). The van der Waals surface area contributed by atoms with Gasteiger partial charge in [-0.1, -0.05) is 25.1 Å². The van der Waals surface area contributed by atoms with E-state index in [0.29, 0.717) is 6.42 Å². The molecule has 0 fully saturated rings. The SMILES string of the molecule is CCC(C)(CO)NC(=O)Cc1ccc2c(c1)CCCC2. The highest BCUT2D eigenvalue weighted by atomic mass is 16.3. The summed E-state index contributed by atoms with van der Waals surface area (Å²) in [6, 6.07) is 6.41. The minimum Gasteiger partial charge on any atom is -0.394 e. The molecule has 0 bridgehead atoms. The Morgan fingerprint density at radius 3 is 2.65 bits per heavy atom. The van der Waals surface area contributed by atoms with Gasteiger partial charge >= 0.3 is 0 Å². The predicted molar refractivity (Wildman–Crippen MR) is 80.7 cm³/mol. The second-order valence-electron chi connectivity index (χ2n) is 6.11. The number of carbonyl (C=O) groups excluding carboxylic acids is 1. The Kier molecular flexibility index (Phi) is 4.81. The van der Waals surface area contributed by atoms with E-state index in [1.165, 1.54) is 30.4 Å². The van der Waals surface area contributed by atoms with Crippen LogP contribution in [0.2, 0.25) is 0 Å². The van der Waals surface area contributed by atoms with E-state index in [4.69, 9.17) is 0 Å².